The maximum absolute atomic E-state index is 13.2. The lowest BCUT2D eigenvalue weighted by Crippen LogP contribution is -2.53. The topological polar surface area (TPSA) is 83.7 Å². The van der Waals surface area contributed by atoms with Crippen molar-refractivity contribution in [3.63, 3.8) is 0 Å². The Kier molecular flexibility index (Phi) is 3.37. The van der Waals surface area contributed by atoms with Gasteiger partial charge in [0.25, 0.3) is 0 Å². The molecule has 2 heterocycles. The van der Waals surface area contributed by atoms with Gasteiger partial charge in [-0.2, -0.15) is 4.31 Å². The second kappa shape index (κ2) is 4.96. The predicted molar refractivity (Wildman–Crippen MR) is 74.3 cm³/mol. The number of halogens is 1. The molecule has 114 valence electrons. The first-order valence-electron chi connectivity index (χ1n) is 6.74. The van der Waals surface area contributed by atoms with E-state index in [-0.39, 0.29) is 35.6 Å². The van der Waals surface area contributed by atoms with Crippen molar-refractivity contribution in [1.82, 2.24) is 9.21 Å². The highest BCUT2D eigenvalue weighted by Crippen LogP contribution is 2.27. The Bertz CT molecular complexity index is 692. The Morgan fingerprint density at radius 2 is 2.05 bits per heavy atom. The SMILES string of the molecule is Nc1cc(S(=O)(=O)N2CCN3C(=O)CCC3C2)ccc1F. The molecule has 0 spiro atoms. The molecule has 2 saturated heterocycles. The Balaban J connectivity index is 1.85. The number of nitrogens with zero attached hydrogens (tertiary/aromatic N) is 2. The predicted octanol–water partition coefficient (Wildman–Crippen LogP) is 0.403. The van der Waals surface area contributed by atoms with E-state index in [0.29, 0.717) is 19.4 Å². The van der Waals surface area contributed by atoms with Crippen molar-refractivity contribution in [2.75, 3.05) is 25.4 Å². The van der Waals surface area contributed by atoms with Gasteiger partial charge in [-0.05, 0) is 24.6 Å². The zero-order valence-corrected chi connectivity index (χ0v) is 12.1. The number of nitrogen functional groups attached to an aromatic ring is 1. The molecule has 1 aromatic rings. The van der Waals surface area contributed by atoms with Gasteiger partial charge >= 0.3 is 0 Å². The molecule has 1 amide bonds. The zero-order valence-electron chi connectivity index (χ0n) is 11.3. The Labute approximate surface area is 122 Å². The molecule has 2 aliphatic heterocycles. The van der Waals surface area contributed by atoms with Crippen LogP contribution in [-0.2, 0) is 14.8 Å². The van der Waals surface area contributed by atoms with Crippen LogP contribution in [0.25, 0.3) is 0 Å². The number of benzene rings is 1. The molecule has 1 aromatic carbocycles. The van der Waals surface area contributed by atoms with Gasteiger partial charge in [-0.3, -0.25) is 4.79 Å². The fraction of sp³-hybridized carbons (Fsp3) is 0.462. The molecule has 2 N–H and O–H groups in total. The summed E-state index contributed by atoms with van der Waals surface area (Å²) in [5.74, 6) is -0.553. The number of sulfonamides is 1. The highest BCUT2D eigenvalue weighted by Gasteiger charge is 2.39. The highest BCUT2D eigenvalue weighted by atomic mass is 32.2. The quantitative estimate of drug-likeness (QED) is 0.801. The van der Waals surface area contributed by atoms with Crippen molar-refractivity contribution in [2.24, 2.45) is 0 Å². The maximum Gasteiger partial charge on any atom is 0.243 e. The van der Waals surface area contributed by atoms with Crippen LogP contribution in [0.15, 0.2) is 23.1 Å². The van der Waals surface area contributed by atoms with Crippen molar-refractivity contribution in [3.8, 4) is 0 Å². The summed E-state index contributed by atoms with van der Waals surface area (Å²) in [7, 11) is -3.71. The molecular weight excluding hydrogens is 297 g/mol. The summed E-state index contributed by atoms with van der Waals surface area (Å²) in [6, 6.07) is 3.35. The second-order valence-corrected chi connectivity index (χ2v) is 7.26. The summed E-state index contributed by atoms with van der Waals surface area (Å²) in [5, 5.41) is 0. The minimum Gasteiger partial charge on any atom is -0.396 e. The van der Waals surface area contributed by atoms with E-state index in [1.165, 1.54) is 10.4 Å². The fourth-order valence-electron chi connectivity index (χ4n) is 2.89. The van der Waals surface area contributed by atoms with Crippen LogP contribution in [-0.4, -0.2) is 49.2 Å². The zero-order chi connectivity index (χ0) is 15.2. The van der Waals surface area contributed by atoms with Gasteiger partial charge < -0.3 is 10.6 Å². The molecule has 8 heteroatoms. The molecule has 1 atom stereocenters. The van der Waals surface area contributed by atoms with Crippen LogP contribution in [0, 0.1) is 5.82 Å². The number of carbonyl (C=O) groups excluding carboxylic acids is 1. The van der Waals surface area contributed by atoms with Gasteiger partial charge in [-0.1, -0.05) is 0 Å². The van der Waals surface area contributed by atoms with E-state index in [9.17, 15) is 17.6 Å². The number of piperazine rings is 1. The molecule has 2 fully saturated rings. The fourth-order valence-corrected chi connectivity index (χ4v) is 4.39. The highest BCUT2D eigenvalue weighted by molar-refractivity contribution is 7.89. The summed E-state index contributed by atoms with van der Waals surface area (Å²) in [4.78, 5) is 13.3. The number of rotatable bonds is 2. The van der Waals surface area contributed by atoms with E-state index in [1.54, 1.807) is 4.90 Å². The van der Waals surface area contributed by atoms with Gasteiger partial charge in [-0.15, -0.1) is 0 Å². The first-order valence-corrected chi connectivity index (χ1v) is 8.18. The third-order valence-electron chi connectivity index (χ3n) is 4.06. The normalized spacial score (nSPS) is 23.4. The molecule has 0 aromatic heterocycles. The average Bonchev–Trinajstić information content (AvgIpc) is 2.83. The summed E-state index contributed by atoms with van der Waals surface area (Å²) in [6.45, 7) is 0.937. The molecule has 6 nitrogen and oxygen atoms in total. The monoisotopic (exact) mass is 313 g/mol. The van der Waals surface area contributed by atoms with Crippen LogP contribution >= 0.6 is 0 Å². The van der Waals surface area contributed by atoms with Crippen LogP contribution in [0.5, 0.6) is 0 Å². The lowest BCUT2D eigenvalue weighted by Gasteiger charge is -2.36. The standard InChI is InChI=1S/C13H16FN3O3S/c14-11-3-2-10(7-12(11)15)21(19,20)16-5-6-17-9(8-16)1-4-13(17)18/h2-3,7,9H,1,4-6,8,15H2. The molecular formula is C13H16FN3O3S. The van der Waals surface area contributed by atoms with Crippen molar-refractivity contribution in [3.05, 3.63) is 24.0 Å². The smallest absolute Gasteiger partial charge is 0.243 e. The molecule has 3 rings (SSSR count). The molecule has 2 aliphatic rings. The number of anilines is 1. The number of amides is 1. The largest absolute Gasteiger partial charge is 0.396 e. The van der Waals surface area contributed by atoms with Gasteiger partial charge in [0.1, 0.15) is 5.82 Å². The number of hydrogen-bond donors (Lipinski definition) is 1. The molecule has 21 heavy (non-hydrogen) atoms. The molecule has 0 radical (unpaired) electrons. The number of nitrogens with two attached hydrogens (primary N) is 1. The van der Waals surface area contributed by atoms with E-state index in [4.69, 9.17) is 5.73 Å². The maximum atomic E-state index is 13.2. The molecule has 0 bridgehead atoms. The Morgan fingerprint density at radius 1 is 1.29 bits per heavy atom. The van der Waals surface area contributed by atoms with Gasteiger partial charge in [0.2, 0.25) is 15.9 Å². The lowest BCUT2D eigenvalue weighted by molar-refractivity contribution is -0.130. The average molecular weight is 313 g/mol. The minimum absolute atomic E-state index is 0.0147. The van der Waals surface area contributed by atoms with E-state index in [0.717, 1.165) is 12.1 Å². The van der Waals surface area contributed by atoms with Crippen molar-refractivity contribution in [1.29, 1.82) is 0 Å². The van der Waals surface area contributed by atoms with E-state index < -0.39 is 15.8 Å². The van der Waals surface area contributed by atoms with Crippen LogP contribution in [0.3, 0.4) is 0 Å². The Hall–Kier alpha value is -1.67. The van der Waals surface area contributed by atoms with Gasteiger partial charge in [-0.25, -0.2) is 12.8 Å². The summed E-state index contributed by atoms with van der Waals surface area (Å²) in [5.41, 5.74) is 5.25. The third-order valence-corrected chi connectivity index (χ3v) is 5.92. The van der Waals surface area contributed by atoms with Crippen LogP contribution in [0.2, 0.25) is 0 Å². The first kappa shape index (κ1) is 14.3. The van der Waals surface area contributed by atoms with Crippen molar-refractivity contribution < 1.29 is 17.6 Å². The summed E-state index contributed by atoms with van der Waals surface area (Å²) >= 11 is 0. The van der Waals surface area contributed by atoms with Crippen LogP contribution < -0.4 is 5.73 Å². The van der Waals surface area contributed by atoms with Crippen molar-refractivity contribution in [2.45, 2.75) is 23.8 Å². The molecule has 1 unspecified atom stereocenters. The van der Waals surface area contributed by atoms with Crippen LogP contribution in [0.1, 0.15) is 12.8 Å². The number of hydrogen-bond acceptors (Lipinski definition) is 4. The van der Waals surface area contributed by atoms with E-state index >= 15 is 0 Å². The molecule has 0 aliphatic carbocycles. The van der Waals surface area contributed by atoms with Gasteiger partial charge in [0, 0.05) is 32.1 Å². The van der Waals surface area contributed by atoms with Gasteiger partial charge in [0.05, 0.1) is 10.6 Å². The summed E-state index contributed by atoms with van der Waals surface area (Å²) in [6.07, 6.45) is 1.15. The lowest BCUT2D eigenvalue weighted by atomic mass is 10.2. The third kappa shape index (κ3) is 2.38. The van der Waals surface area contributed by atoms with Crippen LogP contribution in [0.4, 0.5) is 10.1 Å². The molecule has 0 saturated carbocycles. The second-order valence-electron chi connectivity index (χ2n) is 5.33. The van der Waals surface area contributed by atoms with E-state index in [1.807, 2.05) is 0 Å². The van der Waals surface area contributed by atoms with Crippen molar-refractivity contribution >= 4 is 21.6 Å². The number of carbonyl (C=O) groups is 1. The minimum atomic E-state index is -3.71. The van der Waals surface area contributed by atoms with E-state index in [2.05, 4.69) is 0 Å². The first-order chi connectivity index (χ1) is 9.89. The Morgan fingerprint density at radius 3 is 2.76 bits per heavy atom. The number of fused-ring (bicyclic) bond motifs is 1. The summed E-state index contributed by atoms with van der Waals surface area (Å²) < 4.78 is 39.6. The van der Waals surface area contributed by atoms with Gasteiger partial charge in [0.15, 0.2) is 0 Å².